The lowest BCUT2D eigenvalue weighted by atomic mass is 10.1. The summed E-state index contributed by atoms with van der Waals surface area (Å²) in [5.41, 5.74) is 0.709. The van der Waals surface area contributed by atoms with Crippen molar-refractivity contribution < 1.29 is 13.5 Å². The average molecular weight is 333 g/mol. The second kappa shape index (κ2) is 7.07. The molecule has 2 rings (SSSR count). The molecule has 2 N–H and O–H groups in total. The van der Waals surface area contributed by atoms with Crippen molar-refractivity contribution in [3.63, 3.8) is 0 Å². The van der Waals surface area contributed by atoms with Gasteiger partial charge in [-0.05, 0) is 18.9 Å². The number of halogens is 1. The third-order valence-electron chi connectivity index (χ3n) is 3.79. The Bertz CT molecular complexity index is 571. The van der Waals surface area contributed by atoms with E-state index in [0.29, 0.717) is 30.2 Å². The van der Waals surface area contributed by atoms with Crippen LogP contribution in [-0.4, -0.2) is 49.8 Å². The van der Waals surface area contributed by atoms with Crippen LogP contribution in [0.25, 0.3) is 0 Å². The minimum absolute atomic E-state index is 0.222. The highest BCUT2D eigenvalue weighted by Gasteiger charge is 2.25. The number of piperidine rings is 1. The van der Waals surface area contributed by atoms with Gasteiger partial charge in [-0.25, -0.2) is 12.7 Å². The molecule has 0 bridgehead atoms. The van der Waals surface area contributed by atoms with Gasteiger partial charge in [-0.2, -0.15) is 0 Å². The lowest BCUT2D eigenvalue weighted by molar-refractivity contribution is 0.163. The van der Waals surface area contributed by atoms with Crippen LogP contribution in [0, 0.1) is 0 Å². The Labute approximate surface area is 131 Å². The van der Waals surface area contributed by atoms with Gasteiger partial charge in [-0.1, -0.05) is 29.8 Å². The fourth-order valence-electron chi connectivity index (χ4n) is 2.53. The summed E-state index contributed by atoms with van der Waals surface area (Å²) in [5.74, 6) is 0. The fraction of sp³-hybridized carbons (Fsp3) is 0.571. The molecular formula is C14H21ClN2O3S. The predicted octanol–water partition coefficient (Wildman–Crippen LogP) is 1.39. The zero-order valence-electron chi connectivity index (χ0n) is 12.0. The summed E-state index contributed by atoms with van der Waals surface area (Å²) in [4.78, 5) is 0. The average Bonchev–Trinajstić information content (AvgIpc) is 2.45. The van der Waals surface area contributed by atoms with E-state index in [1.54, 1.807) is 12.1 Å². The van der Waals surface area contributed by atoms with Gasteiger partial charge >= 0.3 is 0 Å². The molecule has 1 heterocycles. The maximum Gasteiger partial charge on any atom is 0.211 e. The smallest absolute Gasteiger partial charge is 0.211 e. The van der Waals surface area contributed by atoms with Gasteiger partial charge in [-0.15, -0.1) is 0 Å². The molecule has 1 aliphatic rings. The number of nitrogens with one attached hydrogen (secondary N) is 1. The summed E-state index contributed by atoms with van der Waals surface area (Å²) in [6.45, 7) is 1.46. The molecule has 5 nitrogen and oxygen atoms in total. The number of aliphatic hydroxyl groups is 1. The SMILES string of the molecule is CS(=O)(=O)N1CCC(NCC(O)c2ccccc2Cl)CC1. The highest BCUT2D eigenvalue weighted by molar-refractivity contribution is 7.88. The van der Waals surface area contributed by atoms with Gasteiger partial charge in [0.05, 0.1) is 12.4 Å². The Kier molecular flexibility index (Phi) is 5.62. The Balaban J connectivity index is 1.81. The third-order valence-corrected chi connectivity index (χ3v) is 5.43. The zero-order valence-corrected chi connectivity index (χ0v) is 13.6. The maximum absolute atomic E-state index is 11.4. The fourth-order valence-corrected chi connectivity index (χ4v) is 3.66. The second-order valence-electron chi connectivity index (χ2n) is 5.38. The van der Waals surface area contributed by atoms with Crippen molar-refractivity contribution in [2.24, 2.45) is 0 Å². The zero-order chi connectivity index (χ0) is 15.5. The molecule has 1 unspecified atom stereocenters. The van der Waals surface area contributed by atoms with Crippen LogP contribution in [0.5, 0.6) is 0 Å². The molecule has 118 valence electrons. The van der Waals surface area contributed by atoms with Gasteiger partial charge in [0.1, 0.15) is 0 Å². The van der Waals surface area contributed by atoms with E-state index in [9.17, 15) is 13.5 Å². The van der Waals surface area contributed by atoms with Crippen LogP contribution >= 0.6 is 11.6 Å². The van der Waals surface area contributed by atoms with Crippen LogP contribution in [0.2, 0.25) is 5.02 Å². The van der Waals surface area contributed by atoms with Gasteiger partial charge in [0.2, 0.25) is 10.0 Å². The molecular weight excluding hydrogens is 312 g/mol. The molecule has 7 heteroatoms. The number of hydrogen-bond donors (Lipinski definition) is 2. The van der Waals surface area contributed by atoms with E-state index in [2.05, 4.69) is 5.32 Å². The molecule has 1 saturated heterocycles. The molecule has 0 radical (unpaired) electrons. The predicted molar refractivity (Wildman–Crippen MR) is 83.9 cm³/mol. The first kappa shape index (κ1) is 16.7. The molecule has 0 saturated carbocycles. The minimum atomic E-state index is -3.09. The highest BCUT2D eigenvalue weighted by Crippen LogP contribution is 2.22. The van der Waals surface area contributed by atoms with Crippen LogP contribution < -0.4 is 5.32 Å². The van der Waals surface area contributed by atoms with Crippen LogP contribution in [0.15, 0.2) is 24.3 Å². The van der Waals surface area contributed by atoms with Gasteiger partial charge in [0, 0.05) is 36.3 Å². The normalized spacial score (nSPS) is 19.6. The van der Waals surface area contributed by atoms with E-state index < -0.39 is 16.1 Å². The third kappa shape index (κ3) is 4.66. The van der Waals surface area contributed by atoms with Crippen LogP contribution in [0.3, 0.4) is 0 Å². The van der Waals surface area contributed by atoms with Gasteiger partial charge in [0.15, 0.2) is 0 Å². The van der Waals surface area contributed by atoms with E-state index in [0.717, 1.165) is 12.8 Å². The number of sulfonamides is 1. The van der Waals surface area contributed by atoms with E-state index in [1.165, 1.54) is 10.6 Å². The molecule has 1 aromatic rings. The molecule has 0 spiro atoms. The summed E-state index contributed by atoms with van der Waals surface area (Å²) in [6, 6.07) is 7.45. The van der Waals surface area contributed by atoms with E-state index in [1.807, 2.05) is 12.1 Å². The van der Waals surface area contributed by atoms with Crippen molar-refractivity contribution >= 4 is 21.6 Å². The van der Waals surface area contributed by atoms with Crippen LogP contribution in [0.1, 0.15) is 24.5 Å². The van der Waals surface area contributed by atoms with E-state index >= 15 is 0 Å². The standard InChI is InChI=1S/C14H21ClN2O3S/c1-21(19,20)17-8-6-11(7-9-17)16-10-14(18)12-4-2-3-5-13(12)15/h2-5,11,14,16,18H,6-10H2,1H3. The summed E-state index contributed by atoms with van der Waals surface area (Å²) in [5, 5.41) is 14.0. The molecule has 1 atom stereocenters. The first-order valence-corrected chi connectivity index (χ1v) is 9.21. The van der Waals surface area contributed by atoms with Crippen molar-refractivity contribution in [3.8, 4) is 0 Å². The molecule has 1 aliphatic heterocycles. The monoisotopic (exact) mass is 332 g/mol. The van der Waals surface area contributed by atoms with E-state index in [-0.39, 0.29) is 6.04 Å². The highest BCUT2D eigenvalue weighted by atomic mass is 35.5. The molecule has 21 heavy (non-hydrogen) atoms. The minimum Gasteiger partial charge on any atom is -0.387 e. The molecule has 1 fully saturated rings. The Morgan fingerprint density at radius 3 is 2.57 bits per heavy atom. The second-order valence-corrected chi connectivity index (χ2v) is 7.77. The summed E-state index contributed by atoms with van der Waals surface area (Å²) in [7, 11) is -3.09. The Morgan fingerprint density at radius 1 is 1.38 bits per heavy atom. The lowest BCUT2D eigenvalue weighted by Gasteiger charge is -2.31. The van der Waals surface area contributed by atoms with Crippen molar-refractivity contribution in [3.05, 3.63) is 34.9 Å². The van der Waals surface area contributed by atoms with Crippen molar-refractivity contribution in [1.29, 1.82) is 0 Å². The number of benzene rings is 1. The van der Waals surface area contributed by atoms with E-state index in [4.69, 9.17) is 11.6 Å². The first-order chi connectivity index (χ1) is 9.88. The summed E-state index contributed by atoms with van der Waals surface area (Å²) >= 11 is 6.05. The van der Waals surface area contributed by atoms with Crippen molar-refractivity contribution in [2.45, 2.75) is 25.0 Å². The number of nitrogens with zero attached hydrogens (tertiary/aromatic N) is 1. The Morgan fingerprint density at radius 2 is 2.00 bits per heavy atom. The summed E-state index contributed by atoms with van der Waals surface area (Å²) < 4.78 is 24.4. The maximum atomic E-state index is 11.4. The van der Waals surface area contributed by atoms with Gasteiger partial charge in [-0.3, -0.25) is 0 Å². The lowest BCUT2D eigenvalue weighted by Crippen LogP contribution is -2.45. The molecule has 0 aromatic heterocycles. The number of hydrogen-bond acceptors (Lipinski definition) is 4. The number of rotatable bonds is 5. The van der Waals surface area contributed by atoms with Gasteiger partial charge < -0.3 is 10.4 Å². The first-order valence-electron chi connectivity index (χ1n) is 6.99. The molecule has 0 aliphatic carbocycles. The van der Waals surface area contributed by atoms with Crippen LogP contribution in [-0.2, 0) is 10.0 Å². The summed E-state index contributed by atoms with van der Waals surface area (Å²) in [6.07, 6.45) is 2.08. The topological polar surface area (TPSA) is 69.6 Å². The van der Waals surface area contributed by atoms with Crippen molar-refractivity contribution in [2.75, 3.05) is 25.9 Å². The van der Waals surface area contributed by atoms with Crippen LogP contribution in [0.4, 0.5) is 0 Å². The number of aliphatic hydroxyl groups excluding tert-OH is 1. The largest absolute Gasteiger partial charge is 0.387 e. The van der Waals surface area contributed by atoms with Crippen molar-refractivity contribution in [1.82, 2.24) is 9.62 Å². The molecule has 1 aromatic carbocycles. The van der Waals surface area contributed by atoms with Gasteiger partial charge in [0.25, 0.3) is 0 Å². The Hall–Kier alpha value is -0.660. The molecule has 0 amide bonds. The quantitative estimate of drug-likeness (QED) is 0.855.